The molecule has 3 rings (SSSR count). The minimum absolute atomic E-state index is 0.0414. The molecule has 1 aromatic rings. The van der Waals surface area contributed by atoms with E-state index >= 15 is 0 Å². The lowest BCUT2D eigenvalue weighted by atomic mass is 9.93. The lowest BCUT2D eigenvalue weighted by Crippen LogP contribution is -2.42. The van der Waals surface area contributed by atoms with E-state index in [-0.39, 0.29) is 17.9 Å². The molecule has 0 bridgehead atoms. The summed E-state index contributed by atoms with van der Waals surface area (Å²) in [6, 6.07) is 0.332. The molecule has 2 heterocycles. The zero-order valence-electron chi connectivity index (χ0n) is 13.3. The van der Waals surface area contributed by atoms with Gasteiger partial charge in [-0.3, -0.25) is 4.79 Å². The maximum atomic E-state index is 12.3. The number of hydrogen-bond donors (Lipinski definition) is 1. The van der Waals surface area contributed by atoms with Crippen LogP contribution in [0.25, 0.3) is 0 Å². The van der Waals surface area contributed by atoms with Crippen molar-refractivity contribution in [3.8, 4) is 0 Å². The molecule has 2 fully saturated rings. The summed E-state index contributed by atoms with van der Waals surface area (Å²) in [7, 11) is 2.03. The Balaban J connectivity index is 1.44. The zero-order valence-corrected chi connectivity index (χ0v) is 14.1. The first-order chi connectivity index (χ1) is 10.6. The van der Waals surface area contributed by atoms with Crippen molar-refractivity contribution in [2.75, 3.05) is 6.61 Å². The molecule has 1 amide bonds. The van der Waals surface area contributed by atoms with Crippen molar-refractivity contribution < 1.29 is 9.53 Å². The molecule has 2 aliphatic rings. The SMILES string of the molecule is C[C@@H]1OCC[C@@H]1C(=O)NC1CCC(Sc2nccn2C)CC1. The molecule has 5 nitrogen and oxygen atoms in total. The van der Waals surface area contributed by atoms with E-state index < -0.39 is 0 Å². The van der Waals surface area contributed by atoms with Crippen LogP contribution in [0.3, 0.4) is 0 Å². The molecule has 0 unspecified atom stereocenters. The van der Waals surface area contributed by atoms with Gasteiger partial charge in [-0.2, -0.15) is 0 Å². The highest BCUT2D eigenvalue weighted by atomic mass is 32.2. The summed E-state index contributed by atoms with van der Waals surface area (Å²) in [5, 5.41) is 4.93. The predicted octanol–water partition coefficient (Wildman–Crippen LogP) is 2.36. The number of aromatic nitrogens is 2. The van der Waals surface area contributed by atoms with Gasteiger partial charge >= 0.3 is 0 Å². The number of carbonyl (C=O) groups excluding carboxylic acids is 1. The summed E-state index contributed by atoms with van der Waals surface area (Å²) in [4.78, 5) is 16.7. The fraction of sp³-hybridized carbons (Fsp3) is 0.750. The van der Waals surface area contributed by atoms with Gasteiger partial charge in [-0.05, 0) is 39.0 Å². The number of hydrogen-bond acceptors (Lipinski definition) is 4. The number of imidazole rings is 1. The van der Waals surface area contributed by atoms with Crippen LogP contribution < -0.4 is 5.32 Å². The molecule has 1 aliphatic carbocycles. The molecule has 22 heavy (non-hydrogen) atoms. The topological polar surface area (TPSA) is 56.1 Å². The monoisotopic (exact) mass is 323 g/mol. The fourth-order valence-corrected chi connectivity index (χ4v) is 4.48. The molecule has 6 heteroatoms. The van der Waals surface area contributed by atoms with Crippen molar-refractivity contribution >= 4 is 17.7 Å². The van der Waals surface area contributed by atoms with Crippen LogP contribution in [0.15, 0.2) is 17.6 Å². The third-order valence-electron chi connectivity index (χ3n) is 4.78. The van der Waals surface area contributed by atoms with Gasteiger partial charge in [0.25, 0.3) is 0 Å². The van der Waals surface area contributed by atoms with E-state index in [9.17, 15) is 4.79 Å². The van der Waals surface area contributed by atoms with E-state index in [2.05, 4.69) is 14.9 Å². The summed E-state index contributed by atoms with van der Waals surface area (Å²) >= 11 is 1.86. The van der Waals surface area contributed by atoms with Crippen LogP contribution in [0.2, 0.25) is 0 Å². The van der Waals surface area contributed by atoms with Crippen molar-refractivity contribution in [2.24, 2.45) is 13.0 Å². The van der Waals surface area contributed by atoms with Gasteiger partial charge in [-0.1, -0.05) is 11.8 Å². The van der Waals surface area contributed by atoms with E-state index in [1.165, 1.54) is 0 Å². The lowest BCUT2D eigenvalue weighted by molar-refractivity contribution is -0.127. The number of ether oxygens (including phenoxy) is 1. The first kappa shape index (κ1) is 15.9. The average Bonchev–Trinajstić information content (AvgIpc) is 3.10. The van der Waals surface area contributed by atoms with Crippen LogP contribution in [-0.2, 0) is 16.6 Å². The molecule has 0 radical (unpaired) electrons. The number of nitrogens with one attached hydrogen (secondary N) is 1. The summed E-state index contributed by atoms with van der Waals surface area (Å²) in [5.74, 6) is 0.227. The maximum Gasteiger partial charge on any atom is 0.226 e. The normalized spacial score (nSPS) is 32.1. The summed E-state index contributed by atoms with van der Waals surface area (Å²) in [5.41, 5.74) is 0. The molecule has 2 atom stereocenters. The van der Waals surface area contributed by atoms with Gasteiger partial charge in [0.05, 0.1) is 12.0 Å². The van der Waals surface area contributed by atoms with Crippen molar-refractivity contribution in [1.29, 1.82) is 0 Å². The Hall–Kier alpha value is -1.01. The van der Waals surface area contributed by atoms with Crippen LogP contribution >= 0.6 is 11.8 Å². The first-order valence-corrected chi connectivity index (χ1v) is 9.07. The number of carbonyl (C=O) groups is 1. The van der Waals surface area contributed by atoms with Crippen molar-refractivity contribution in [1.82, 2.24) is 14.9 Å². The Morgan fingerprint density at radius 3 is 2.73 bits per heavy atom. The van der Waals surface area contributed by atoms with Crippen molar-refractivity contribution in [3.63, 3.8) is 0 Å². The van der Waals surface area contributed by atoms with Gasteiger partial charge in [0.2, 0.25) is 5.91 Å². The highest BCUT2D eigenvalue weighted by Crippen LogP contribution is 2.33. The second-order valence-electron chi connectivity index (χ2n) is 6.39. The quantitative estimate of drug-likeness (QED) is 0.924. The molecule has 1 aromatic heterocycles. The van der Waals surface area contributed by atoms with E-state index in [0.29, 0.717) is 17.9 Å². The van der Waals surface area contributed by atoms with E-state index in [0.717, 1.165) is 37.3 Å². The Kier molecular flexibility index (Phi) is 5.08. The highest BCUT2D eigenvalue weighted by Gasteiger charge is 2.32. The van der Waals surface area contributed by atoms with Crippen LogP contribution in [0.5, 0.6) is 0 Å². The van der Waals surface area contributed by atoms with Gasteiger partial charge in [-0.15, -0.1) is 0 Å². The first-order valence-electron chi connectivity index (χ1n) is 8.19. The van der Waals surface area contributed by atoms with Gasteiger partial charge in [-0.25, -0.2) is 4.98 Å². The molecule has 1 aliphatic heterocycles. The highest BCUT2D eigenvalue weighted by molar-refractivity contribution is 7.99. The van der Waals surface area contributed by atoms with Crippen molar-refractivity contribution in [3.05, 3.63) is 12.4 Å². The number of aryl methyl sites for hydroxylation is 1. The van der Waals surface area contributed by atoms with Gasteiger partial charge in [0.1, 0.15) is 0 Å². The van der Waals surface area contributed by atoms with E-state index in [1.807, 2.05) is 38.1 Å². The number of amides is 1. The Bertz CT molecular complexity index is 511. The standard InChI is InChI=1S/C16H25N3O2S/c1-11-14(7-10-21-11)15(20)18-12-3-5-13(6-4-12)22-16-17-8-9-19(16)2/h8-9,11-14H,3-7,10H2,1-2H3,(H,18,20)/t11-,12?,13?,14-/m0/s1. The fourth-order valence-electron chi connectivity index (χ4n) is 3.32. The second kappa shape index (κ2) is 7.04. The molecule has 122 valence electrons. The van der Waals surface area contributed by atoms with Crippen LogP contribution in [-0.4, -0.2) is 39.5 Å². The molecule has 0 spiro atoms. The molecule has 1 N–H and O–H groups in total. The van der Waals surface area contributed by atoms with Crippen LogP contribution in [0.4, 0.5) is 0 Å². The minimum atomic E-state index is 0.0414. The summed E-state index contributed by atoms with van der Waals surface area (Å²) < 4.78 is 7.56. The average molecular weight is 323 g/mol. The van der Waals surface area contributed by atoms with Gasteiger partial charge in [0.15, 0.2) is 5.16 Å². The van der Waals surface area contributed by atoms with Crippen LogP contribution in [0, 0.1) is 5.92 Å². The second-order valence-corrected chi connectivity index (χ2v) is 7.66. The molecule has 1 saturated carbocycles. The van der Waals surface area contributed by atoms with Crippen LogP contribution in [0.1, 0.15) is 39.0 Å². The summed E-state index contributed by atoms with van der Waals surface area (Å²) in [6.45, 7) is 2.71. The predicted molar refractivity (Wildman–Crippen MR) is 86.8 cm³/mol. The number of rotatable bonds is 4. The van der Waals surface area contributed by atoms with E-state index in [4.69, 9.17) is 4.74 Å². The third kappa shape index (κ3) is 3.66. The summed E-state index contributed by atoms with van der Waals surface area (Å²) in [6.07, 6.45) is 9.16. The molecule has 1 saturated heterocycles. The third-order valence-corrected chi connectivity index (χ3v) is 6.19. The van der Waals surface area contributed by atoms with Gasteiger partial charge < -0.3 is 14.6 Å². The Morgan fingerprint density at radius 1 is 1.36 bits per heavy atom. The zero-order chi connectivity index (χ0) is 15.5. The van der Waals surface area contributed by atoms with Gasteiger partial charge in [0, 0.05) is 37.3 Å². The van der Waals surface area contributed by atoms with E-state index in [1.54, 1.807) is 0 Å². The maximum absolute atomic E-state index is 12.3. The number of nitrogens with zero attached hydrogens (tertiary/aromatic N) is 2. The minimum Gasteiger partial charge on any atom is -0.378 e. The Labute approximate surface area is 136 Å². The number of thioether (sulfide) groups is 1. The molecular formula is C16H25N3O2S. The molecule has 0 aromatic carbocycles. The largest absolute Gasteiger partial charge is 0.378 e. The van der Waals surface area contributed by atoms with Crippen molar-refractivity contribution in [2.45, 2.75) is 61.6 Å². The lowest BCUT2D eigenvalue weighted by Gasteiger charge is -2.29. The Morgan fingerprint density at radius 2 is 2.14 bits per heavy atom. The molecular weight excluding hydrogens is 298 g/mol. The smallest absolute Gasteiger partial charge is 0.226 e.